The average molecular weight is 296 g/mol. The lowest BCUT2D eigenvalue weighted by atomic mass is 9.91. The second kappa shape index (κ2) is 4.99. The topological polar surface area (TPSA) is 53.4 Å². The van der Waals surface area contributed by atoms with Crippen molar-refractivity contribution in [3.63, 3.8) is 0 Å². The summed E-state index contributed by atoms with van der Waals surface area (Å²) < 4.78 is 36.9. The van der Waals surface area contributed by atoms with Gasteiger partial charge in [0.05, 0.1) is 5.69 Å². The first-order valence-corrected chi connectivity index (χ1v) is 6.26. The molecule has 108 valence electrons. The predicted octanol–water partition coefficient (Wildman–Crippen LogP) is 3.14. The molecule has 0 bridgehead atoms. The van der Waals surface area contributed by atoms with Crippen LogP contribution in [-0.4, -0.2) is 35.8 Å². The minimum Gasteiger partial charge on any atom is -0.477 e. The van der Waals surface area contributed by atoms with E-state index < -0.39 is 24.1 Å². The van der Waals surface area contributed by atoms with Crippen LogP contribution in [0.4, 0.5) is 18.3 Å². The lowest BCUT2D eigenvalue weighted by Gasteiger charge is -2.18. The molecule has 19 heavy (non-hydrogen) atoms. The van der Waals surface area contributed by atoms with Crippen molar-refractivity contribution in [1.82, 2.24) is 4.98 Å². The molecule has 8 heteroatoms. The summed E-state index contributed by atoms with van der Waals surface area (Å²) in [6.45, 7) is 4.13. The number of carboxylic acid groups (broad SMARTS) is 1. The van der Waals surface area contributed by atoms with Crippen molar-refractivity contribution in [2.75, 3.05) is 18.5 Å². The number of hydrogen-bond acceptors (Lipinski definition) is 4. The Morgan fingerprint density at radius 1 is 1.37 bits per heavy atom. The molecule has 0 radical (unpaired) electrons. The molecule has 0 fully saturated rings. The highest BCUT2D eigenvalue weighted by Gasteiger charge is 2.33. The minimum atomic E-state index is -4.36. The van der Waals surface area contributed by atoms with E-state index in [1.54, 1.807) is 20.8 Å². The number of aromatic nitrogens is 1. The van der Waals surface area contributed by atoms with E-state index >= 15 is 0 Å². The number of carbonyl (C=O) groups is 1. The maximum atomic E-state index is 12.3. The van der Waals surface area contributed by atoms with Gasteiger partial charge in [-0.15, -0.1) is 0 Å². The zero-order chi connectivity index (χ0) is 15.0. The van der Waals surface area contributed by atoms with Crippen LogP contribution in [0.5, 0.6) is 0 Å². The molecule has 0 aliphatic carbocycles. The lowest BCUT2D eigenvalue weighted by Crippen LogP contribution is -2.30. The number of carboxylic acids is 1. The van der Waals surface area contributed by atoms with Crippen LogP contribution in [0.25, 0.3) is 0 Å². The van der Waals surface area contributed by atoms with Gasteiger partial charge >= 0.3 is 12.1 Å². The Kier molecular flexibility index (Phi) is 4.14. The van der Waals surface area contributed by atoms with Crippen LogP contribution in [0.1, 0.15) is 36.1 Å². The summed E-state index contributed by atoms with van der Waals surface area (Å²) in [5, 5.41) is 9.14. The van der Waals surface area contributed by atoms with Gasteiger partial charge in [0.2, 0.25) is 0 Å². The number of hydrogen-bond donors (Lipinski definition) is 1. The first-order valence-electron chi connectivity index (χ1n) is 5.44. The largest absolute Gasteiger partial charge is 0.477 e. The van der Waals surface area contributed by atoms with Crippen LogP contribution in [0.15, 0.2) is 0 Å². The average Bonchev–Trinajstić information content (AvgIpc) is 2.57. The summed E-state index contributed by atoms with van der Waals surface area (Å²) in [6, 6.07) is 0. The van der Waals surface area contributed by atoms with E-state index in [2.05, 4.69) is 4.98 Å². The molecule has 0 spiro atoms. The van der Waals surface area contributed by atoms with Crippen LogP contribution >= 0.6 is 11.3 Å². The van der Waals surface area contributed by atoms with Crippen LogP contribution in [0.2, 0.25) is 0 Å². The molecule has 1 heterocycles. The monoisotopic (exact) mass is 296 g/mol. The molecular weight excluding hydrogens is 281 g/mol. The van der Waals surface area contributed by atoms with Crippen LogP contribution < -0.4 is 4.90 Å². The lowest BCUT2D eigenvalue weighted by molar-refractivity contribution is -0.119. The van der Waals surface area contributed by atoms with E-state index in [1.165, 1.54) is 7.05 Å². The maximum absolute atomic E-state index is 12.3. The van der Waals surface area contributed by atoms with E-state index in [9.17, 15) is 18.0 Å². The molecule has 1 N–H and O–H groups in total. The first kappa shape index (κ1) is 15.7. The summed E-state index contributed by atoms with van der Waals surface area (Å²) in [4.78, 5) is 16.1. The van der Waals surface area contributed by atoms with Crippen molar-refractivity contribution in [3.05, 3.63) is 10.6 Å². The van der Waals surface area contributed by atoms with Gasteiger partial charge in [-0.3, -0.25) is 0 Å². The van der Waals surface area contributed by atoms with Crippen molar-refractivity contribution >= 4 is 22.4 Å². The summed E-state index contributed by atoms with van der Waals surface area (Å²) in [6.07, 6.45) is -4.36. The molecule has 0 aromatic carbocycles. The number of aromatic carboxylic acids is 1. The Bertz CT molecular complexity index is 477. The molecule has 0 atom stereocenters. The van der Waals surface area contributed by atoms with Gasteiger partial charge < -0.3 is 10.0 Å². The van der Waals surface area contributed by atoms with Gasteiger partial charge in [0.15, 0.2) is 5.13 Å². The molecule has 0 saturated heterocycles. The number of alkyl halides is 3. The summed E-state index contributed by atoms with van der Waals surface area (Å²) >= 11 is 0.759. The molecule has 0 aliphatic heterocycles. The SMILES string of the molecule is CN(CC(F)(F)F)c1nc(C(C)(C)C)c(C(=O)O)s1. The molecule has 0 unspecified atom stereocenters. The van der Waals surface area contributed by atoms with Gasteiger partial charge in [0, 0.05) is 12.5 Å². The number of thiazole rings is 1. The molecule has 0 saturated carbocycles. The molecular formula is C11H15F3N2O2S. The second-order valence-corrected chi connectivity index (χ2v) is 6.18. The number of nitrogens with zero attached hydrogens (tertiary/aromatic N) is 2. The number of halogens is 3. The Labute approximate surface area is 112 Å². The first-order chi connectivity index (χ1) is 8.42. The van der Waals surface area contributed by atoms with Crippen molar-refractivity contribution in [1.29, 1.82) is 0 Å². The van der Waals surface area contributed by atoms with Gasteiger partial charge in [0.1, 0.15) is 11.4 Å². The van der Waals surface area contributed by atoms with E-state index in [0.717, 1.165) is 16.2 Å². The van der Waals surface area contributed by atoms with Crippen LogP contribution in [0, 0.1) is 0 Å². The Hall–Kier alpha value is -1.31. The van der Waals surface area contributed by atoms with Crippen molar-refractivity contribution < 1.29 is 23.1 Å². The van der Waals surface area contributed by atoms with E-state index in [1.807, 2.05) is 0 Å². The quantitative estimate of drug-likeness (QED) is 0.931. The van der Waals surface area contributed by atoms with E-state index in [0.29, 0.717) is 5.69 Å². The molecule has 0 amide bonds. The van der Waals surface area contributed by atoms with Crippen LogP contribution in [0.3, 0.4) is 0 Å². The fraction of sp³-hybridized carbons (Fsp3) is 0.636. The molecule has 1 rings (SSSR count). The number of anilines is 1. The number of rotatable bonds is 3. The third-order valence-corrected chi connectivity index (χ3v) is 3.42. The maximum Gasteiger partial charge on any atom is 0.405 e. The second-order valence-electron chi connectivity index (χ2n) is 5.20. The summed E-state index contributed by atoms with van der Waals surface area (Å²) in [5.74, 6) is -1.17. The smallest absolute Gasteiger partial charge is 0.405 e. The Morgan fingerprint density at radius 3 is 2.21 bits per heavy atom. The van der Waals surface area contributed by atoms with Crippen LogP contribution in [-0.2, 0) is 5.41 Å². The Balaban J connectivity index is 3.15. The highest BCUT2D eigenvalue weighted by atomic mass is 32.1. The van der Waals surface area contributed by atoms with Crippen molar-refractivity contribution in [3.8, 4) is 0 Å². The van der Waals surface area contributed by atoms with Gasteiger partial charge in [-0.1, -0.05) is 32.1 Å². The highest BCUT2D eigenvalue weighted by molar-refractivity contribution is 7.17. The third-order valence-electron chi connectivity index (χ3n) is 2.26. The fourth-order valence-corrected chi connectivity index (χ4v) is 2.54. The molecule has 1 aromatic rings. The van der Waals surface area contributed by atoms with Crippen molar-refractivity contribution in [2.45, 2.75) is 32.4 Å². The standard InChI is InChI=1S/C11H15F3N2O2S/c1-10(2,3)7-6(8(17)18)19-9(15-7)16(4)5-11(12,13)14/h5H2,1-4H3,(H,17,18). The minimum absolute atomic E-state index is 0.0171. The predicted molar refractivity (Wildman–Crippen MR) is 67.1 cm³/mol. The van der Waals surface area contributed by atoms with Gasteiger partial charge in [-0.25, -0.2) is 9.78 Å². The summed E-state index contributed by atoms with van der Waals surface area (Å²) in [7, 11) is 1.24. The summed E-state index contributed by atoms with van der Waals surface area (Å²) in [5.41, 5.74) is -0.240. The third kappa shape index (κ3) is 4.09. The van der Waals surface area contributed by atoms with E-state index in [-0.39, 0.29) is 10.0 Å². The molecule has 1 aromatic heterocycles. The van der Waals surface area contributed by atoms with Crippen molar-refractivity contribution in [2.24, 2.45) is 0 Å². The highest BCUT2D eigenvalue weighted by Crippen LogP contribution is 2.34. The normalized spacial score (nSPS) is 12.6. The van der Waals surface area contributed by atoms with Gasteiger partial charge in [-0.2, -0.15) is 13.2 Å². The fourth-order valence-electron chi connectivity index (χ4n) is 1.46. The van der Waals surface area contributed by atoms with E-state index in [4.69, 9.17) is 5.11 Å². The molecule has 0 aliphatic rings. The molecule has 4 nitrogen and oxygen atoms in total. The van der Waals surface area contributed by atoms with Gasteiger partial charge in [0.25, 0.3) is 0 Å². The Morgan fingerprint density at radius 2 is 1.89 bits per heavy atom. The zero-order valence-corrected chi connectivity index (χ0v) is 11.8. The van der Waals surface area contributed by atoms with Gasteiger partial charge in [-0.05, 0) is 0 Å². The zero-order valence-electron chi connectivity index (χ0n) is 11.0.